The second kappa shape index (κ2) is 7.78. The number of imidazole rings is 1. The van der Waals surface area contributed by atoms with Gasteiger partial charge in [0.05, 0.1) is 16.6 Å². The van der Waals surface area contributed by atoms with E-state index < -0.39 is 5.97 Å². The van der Waals surface area contributed by atoms with Crippen LogP contribution in [0.4, 0.5) is 0 Å². The van der Waals surface area contributed by atoms with E-state index in [1.165, 1.54) is 0 Å². The minimum Gasteiger partial charge on any atom is -0.478 e. The number of carboxylic acid groups (broad SMARTS) is 1. The molecule has 168 valence electrons. The van der Waals surface area contributed by atoms with Crippen LogP contribution in [0.2, 0.25) is 0 Å². The molecule has 0 unspecified atom stereocenters. The minimum atomic E-state index is -0.962. The summed E-state index contributed by atoms with van der Waals surface area (Å²) < 4.78 is 6.25. The monoisotopic (exact) mass is 468 g/mol. The summed E-state index contributed by atoms with van der Waals surface area (Å²) in [7, 11) is 0. The van der Waals surface area contributed by atoms with Crippen molar-refractivity contribution in [2.24, 2.45) is 0 Å². The lowest BCUT2D eigenvalue weighted by molar-refractivity contribution is 0.0698. The maximum Gasteiger partial charge on any atom is 0.337 e. The molecule has 1 fully saturated rings. The van der Waals surface area contributed by atoms with E-state index in [2.05, 4.69) is 9.36 Å². The van der Waals surface area contributed by atoms with Gasteiger partial charge < -0.3 is 5.11 Å². The molecule has 0 radical (unpaired) electrons. The van der Waals surface area contributed by atoms with Crippen LogP contribution in [0.3, 0.4) is 0 Å². The number of carboxylic acids is 1. The van der Waals surface area contributed by atoms with Gasteiger partial charge in [-0.05, 0) is 54.7 Å². The third-order valence-corrected chi connectivity index (χ3v) is 6.81. The normalized spacial score (nSPS) is 13.4. The number of nitrogens with one attached hydrogen (secondary N) is 1. The number of hydrogen-bond acceptors (Lipinski definition) is 5. The van der Waals surface area contributed by atoms with Crippen molar-refractivity contribution in [1.82, 2.24) is 18.9 Å². The molecule has 5 aromatic rings. The highest BCUT2D eigenvalue weighted by molar-refractivity contribution is 7.03. The molecule has 0 spiro atoms. The topological polar surface area (TPSA) is 101 Å². The zero-order valence-electron chi connectivity index (χ0n) is 18.3. The van der Waals surface area contributed by atoms with Crippen molar-refractivity contribution in [2.75, 3.05) is 0 Å². The van der Waals surface area contributed by atoms with Crippen LogP contribution in [0.5, 0.6) is 0 Å². The molecule has 34 heavy (non-hydrogen) atoms. The first-order valence-corrected chi connectivity index (χ1v) is 11.8. The molecular weight excluding hydrogens is 448 g/mol. The number of hydrogen-bond donors (Lipinski definition) is 2. The van der Waals surface area contributed by atoms with E-state index in [4.69, 9.17) is 4.98 Å². The van der Waals surface area contributed by atoms with E-state index in [-0.39, 0.29) is 10.4 Å². The van der Waals surface area contributed by atoms with Gasteiger partial charge in [-0.25, -0.2) is 9.78 Å². The van der Waals surface area contributed by atoms with Crippen molar-refractivity contribution in [3.05, 3.63) is 87.3 Å². The quantitative estimate of drug-likeness (QED) is 0.360. The predicted octanol–water partition coefficient (Wildman–Crippen LogP) is 5.39. The first-order chi connectivity index (χ1) is 16.5. The van der Waals surface area contributed by atoms with Crippen LogP contribution in [0.15, 0.2) is 65.5 Å². The Balaban J connectivity index is 1.51. The van der Waals surface area contributed by atoms with E-state index >= 15 is 0 Å². The average Bonchev–Trinajstić information content (AvgIpc) is 3.47. The fraction of sp³-hybridized carbons (Fsp3) is 0.154. The number of aromatic nitrogens is 4. The number of aromatic carboxylic acids is 1. The fourth-order valence-electron chi connectivity index (χ4n) is 4.45. The van der Waals surface area contributed by atoms with Gasteiger partial charge in [0, 0.05) is 28.7 Å². The number of rotatable bonds is 5. The van der Waals surface area contributed by atoms with Crippen molar-refractivity contribution in [3.63, 3.8) is 0 Å². The lowest BCUT2D eigenvalue weighted by Gasteiger charge is -2.13. The zero-order chi connectivity index (χ0) is 23.4. The molecule has 2 N–H and O–H groups in total. The van der Waals surface area contributed by atoms with Crippen molar-refractivity contribution in [2.45, 2.75) is 25.7 Å². The highest BCUT2D eigenvalue weighted by Crippen LogP contribution is 2.43. The van der Waals surface area contributed by atoms with Crippen LogP contribution >= 0.6 is 11.5 Å². The van der Waals surface area contributed by atoms with Gasteiger partial charge in [0.2, 0.25) is 0 Å². The van der Waals surface area contributed by atoms with E-state index in [0.29, 0.717) is 17.3 Å². The minimum absolute atomic E-state index is 0.190. The molecule has 0 amide bonds. The summed E-state index contributed by atoms with van der Waals surface area (Å²) in [5.74, 6) is 0.847. The molecule has 0 aliphatic heterocycles. The number of carbonyl (C=O) groups is 1. The molecule has 2 heterocycles. The maximum absolute atomic E-state index is 12.0. The van der Waals surface area contributed by atoms with Gasteiger partial charge in [-0.15, -0.1) is 0 Å². The highest BCUT2D eigenvalue weighted by Gasteiger charge is 2.32. The molecule has 2 aromatic heterocycles. The Morgan fingerprint density at radius 1 is 1.06 bits per heavy atom. The highest BCUT2D eigenvalue weighted by atomic mass is 32.1. The smallest absolute Gasteiger partial charge is 0.337 e. The van der Waals surface area contributed by atoms with E-state index in [0.717, 1.165) is 63.7 Å². The van der Waals surface area contributed by atoms with Crippen molar-refractivity contribution >= 4 is 28.5 Å². The van der Waals surface area contributed by atoms with Crippen molar-refractivity contribution in [3.8, 4) is 28.2 Å². The summed E-state index contributed by atoms with van der Waals surface area (Å²) in [5, 5.41) is 9.87. The third kappa shape index (κ3) is 3.34. The van der Waals surface area contributed by atoms with Gasteiger partial charge >= 0.3 is 10.8 Å². The van der Waals surface area contributed by atoms with Crippen molar-refractivity contribution < 1.29 is 9.90 Å². The average molecular weight is 469 g/mol. The second-order valence-electron chi connectivity index (χ2n) is 8.55. The zero-order valence-corrected chi connectivity index (χ0v) is 19.1. The van der Waals surface area contributed by atoms with Gasteiger partial charge in [0.15, 0.2) is 5.82 Å². The van der Waals surface area contributed by atoms with E-state index in [1.807, 2.05) is 66.1 Å². The van der Waals surface area contributed by atoms with Crippen LogP contribution < -0.4 is 4.87 Å². The lowest BCUT2D eigenvalue weighted by atomic mass is 9.99. The lowest BCUT2D eigenvalue weighted by Crippen LogP contribution is -2.05. The largest absolute Gasteiger partial charge is 0.478 e. The summed E-state index contributed by atoms with van der Waals surface area (Å²) in [4.78, 5) is 31.2. The summed E-state index contributed by atoms with van der Waals surface area (Å²) >= 11 is 0.901. The van der Waals surface area contributed by atoms with Crippen LogP contribution in [0.25, 0.3) is 39.2 Å². The Labute approximate surface area is 198 Å². The molecule has 1 aliphatic carbocycles. The fourth-order valence-corrected chi connectivity index (χ4v) is 4.91. The summed E-state index contributed by atoms with van der Waals surface area (Å²) in [5.41, 5.74) is 6.25. The number of H-pyrrole nitrogens is 1. The van der Waals surface area contributed by atoms with Gasteiger partial charge in [0.1, 0.15) is 5.82 Å². The first-order valence-electron chi connectivity index (χ1n) is 11.0. The molecular formula is C26H20N4O3S. The second-order valence-corrected chi connectivity index (χ2v) is 9.28. The number of fused-ring (bicyclic) bond motifs is 1. The first kappa shape index (κ1) is 20.6. The molecule has 7 nitrogen and oxygen atoms in total. The summed E-state index contributed by atoms with van der Waals surface area (Å²) in [6.07, 6.45) is 2.12. The predicted molar refractivity (Wildman–Crippen MR) is 132 cm³/mol. The molecule has 0 saturated heterocycles. The standard InChI is InChI=1S/C26H20N4O3S/c1-14-6-13-20(25(31)32)22-21(14)27-24(16-7-8-16)30(22)17-11-9-15(10-12-17)18-4-2-3-5-19(18)23-28-26(33)34-29-23/h2-6,9-13,16H,7-8H2,1H3,(H,31,32)(H,28,29,33). The van der Waals surface area contributed by atoms with E-state index in [9.17, 15) is 14.7 Å². The Bertz CT molecular complexity index is 1620. The van der Waals surface area contributed by atoms with Gasteiger partial charge in [-0.1, -0.05) is 42.5 Å². The summed E-state index contributed by atoms with van der Waals surface area (Å²) in [6.45, 7) is 1.96. The molecule has 8 heteroatoms. The van der Waals surface area contributed by atoms with Crippen LogP contribution in [0, 0.1) is 6.92 Å². The maximum atomic E-state index is 12.0. The molecule has 0 atom stereocenters. The Hall–Kier alpha value is -4.04. The molecule has 1 aliphatic rings. The third-order valence-electron chi connectivity index (χ3n) is 6.26. The Morgan fingerprint density at radius 2 is 1.79 bits per heavy atom. The Morgan fingerprint density at radius 3 is 2.44 bits per heavy atom. The number of aryl methyl sites for hydroxylation is 1. The van der Waals surface area contributed by atoms with Gasteiger partial charge in [0.25, 0.3) is 0 Å². The van der Waals surface area contributed by atoms with Crippen LogP contribution in [-0.4, -0.2) is 30.0 Å². The number of aromatic amines is 1. The molecule has 0 bridgehead atoms. The number of benzene rings is 3. The van der Waals surface area contributed by atoms with E-state index in [1.54, 1.807) is 6.07 Å². The number of nitrogens with zero attached hydrogens (tertiary/aromatic N) is 3. The van der Waals surface area contributed by atoms with Crippen LogP contribution in [0.1, 0.15) is 40.5 Å². The SMILES string of the molecule is Cc1ccc(C(=O)O)c2c1nc(C1CC1)n2-c1ccc(-c2ccccc2-c2nsc(=O)[nH]2)cc1. The molecule has 6 rings (SSSR count). The van der Waals surface area contributed by atoms with Crippen LogP contribution in [-0.2, 0) is 0 Å². The van der Waals surface area contributed by atoms with Gasteiger partial charge in [-0.3, -0.25) is 14.3 Å². The molecule has 1 saturated carbocycles. The Kier molecular flexibility index (Phi) is 4.70. The summed E-state index contributed by atoms with van der Waals surface area (Å²) in [6, 6.07) is 19.3. The molecule has 3 aromatic carbocycles. The van der Waals surface area contributed by atoms with Crippen molar-refractivity contribution in [1.29, 1.82) is 0 Å². The van der Waals surface area contributed by atoms with Gasteiger partial charge in [-0.2, -0.15) is 4.37 Å².